The Morgan fingerprint density at radius 1 is 0.833 bits per heavy atom. The molecule has 4 nitrogen and oxygen atoms in total. The molecule has 2 amide bonds. The van der Waals surface area contributed by atoms with Crippen LogP contribution in [0.5, 0.6) is 0 Å². The number of rotatable bonds is 1. The molecule has 2 atom stereocenters. The van der Waals surface area contributed by atoms with Crippen molar-refractivity contribution in [2.75, 3.05) is 4.90 Å². The molecule has 2 aromatic rings. The molecule has 4 heteroatoms. The highest BCUT2D eigenvalue weighted by Gasteiger charge is 2.62. The van der Waals surface area contributed by atoms with Crippen LogP contribution in [0.3, 0.4) is 0 Å². The van der Waals surface area contributed by atoms with Crippen LogP contribution >= 0.6 is 0 Å². The van der Waals surface area contributed by atoms with Crippen molar-refractivity contribution in [1.82, 2.24) is 0 Å². The van der Waals surface area contributed by atoms with Gasteiger partial charge in [0.25, 0.3) is 11.8 Å². The van der Waals surface area contributed by atoms with Gasteiger partial charge in [-0.05, 0) is 37.5 Å². The van der Waals surface area contributed by atoms with E-state index in [1.165, 1.54) is 4.90 Å². The number of imide groups is 1. The molecule has 2 unspecified atom stereocenters. The second-order valence-corrected chi connectivity index (χ2v) is 6.84. The van der Waals surface area contributed by atoms with E-state index in [4.69, 9.17) is 4.74 Å². The maximum atomic E-state index is 13.1. The van der Waals surface area contributed by atoms with Crippen molar-refractivity contribution in [3.8, 4) is 0 Å². The topological polar surface area (TPSA) is 46.6 Å². The molecule has 0 fully saturated rings. The molecule has 0 aromatic heterocycles. The maximum absolute atomic E-state index is 13.1. The third-order valence-corrected chi connectivity index (χ3v) is 5.23. The van der Waals surface area contributed by atoms with E-state index < -0.39 is 11.2 Å². The lowest BCUT2D eigenvalue weighted by atomic mass is 9.85. The number of carbonyl (C=O) groups is 2. The predicted molar refractivity (Wildman–Crippen MR) is 90.5 cm³/mol. The molecule has 3 aliphatic heterocycles. The minimum absolute atomic E-state index is 0.276. The normalized spacial score (nSPS) is 30.8. The van der Waals surface area contributed by atoms with Crippen LogP contribution < -0.4 is 4.90 Å². The lowest BCUT2D eigenvalue weighted by Crippen LogP contribution is -2.40. The number of anilines is 1. The summed E-state index contributed by atoms with van der Waals surface area (Å²) in [5, 5.41) is 1.89. The van der Waals surface area contributed by atoms with Gasteiger partial charge in [-0.1, -0.05) is 36.4 Å². The number of carbonyl (C=O) groups excluding carboxylic acids is 2. The Kier molecular flexibility index (Phi) is 2.30. The molecular weight excluding hydrogens is 302 g/mol. The molecule has 0 radical (unpaired) electrons. The largest absolute Gasteiger partial charge is 0.351 e. The predicted octanol–water partition coefficient (Wildman–Crippen LogP) is 3.13. The highest BCUT2D eigenvalue weighted by Crippen LogP contribution is 2.53. The van der Waals surface area contributed by atoms with Gasteiger partial charge in [-0.3, -0.25) is 9.59 Å². The summed E-state index contributed by atoms with van der Waals surface area (Å²) in [4.78, 5) is 27.5. The first-order valence-corrected chi connectivity index (χ1v) is 7.97. The van der Waals surface area contributed by atoms with Gasteiger partial charge in [0.15, 0.2) is 0 Å². The summed E-state index contributed by atoms with van der Waals surface area (Å²) in [5.74, 6) is -0.552. The molecule has 0 aliphatic carbocycles. The van der Waals surface area contributed by atoms with Crippen LogP contribution in [0.15, 0.2) is 65.8 Å². The van der Waals surface area contributed by atoms with Crippen LogP contribution in [0.25, 0.3) is 10.8 Å². The Bertz CT molecular complexity index is 973. The zero-order chi connectivity index (χ0) is 16.7. The molecule has 0 N–H and O–H groups in total. The number of fused-ring (bicyclic) bond motifs is 5. The minimum Gasteiger partial charge on any atom is -0.351 e. The van der Waals surface area contributed by atoms with Crippen molar-refractivity contribution in [3.63, 3.8) is 0 Å². The van der Waals surface area contributed by atoms with Gasteiger partial charge < -0.3 is 4.74 Å². The molecule has 118 valence electrons. The van der Waals surface area contributed by atoms with Crippen LogP contribution in [-0.4, -0.2) is 23.0 Å². The second-order valence-electron chi connectivity index (χ2n) is 6.84. The lowest BCUT2D eigenvalue weighted by Gasteiger charge is -2.27. The van der Waals surface area contributed by atoms with Gasteiger partial charge in [0, 0.05) is 5.39 Å². The highest BCUT2D eigenvalue weighted by molar-refractivity contribution is 6.36. The van der Waals surface area contributed by atoms with Crippen molar-refractivity contribution >= 4 is 28.3 Å². The molecule has 2 bridgehead atoms. The van der Waals surface area contributed by atoms with Crippen LogP contribution in [0.4, 0.5) is 5.69 Å². The van der Waals surface area contributed by atoms with Crippen LogP contribution in [-0.2, 0) is 14.3 Å². The molecule has 5 rings (SSSR count). The van der Waals surface area contributed by atoms with Crippen molar-refractivity contribution in [3.05, 3.63) is 65.8 Å². The van der Waals surface area contributed by atoms with Crippen molar-refractivity contribution < 1.29 is 14.3 Å². The van der Waals surface area contributed by atoms with Crippen LogP contribution in [0.1, 0.15) is 13.8 Å². The zero-order valence-electron chi connectivity index (χ0n) is 13.4. The minimum atomic E-state index is -0.809. The van der Waals surface area contributed by atoms with E-state index >= 15 is 0 Å². The first-order valence-electron chi connectivity index (χ1n) is 7.97. The Morgan fingerprint density at radius 3 is 2.08 bits per heavy atom. The fourth-order valence-corrected chi connectivity index (χ4v) is 4.17. The summed E-state index contributed by atoms with van der Waals surface area (Å²) in [7, 11) is 0. The fraction of sp³-hybridized carbons (Fsp3) is 0.200. The smallest absolute Gasteiger partial charge is 0.265 e. The average molecular weight is 317 g/mol. The van der Waals surface area contributed by atoms with E-state index in [-0.39, 0.29) is 11.8 Å². The second kappa shape index (κ2) is 4.02. The third-order valence-electron chi connectivity index (χ3n) is 5.23. The van der Waals surface area contributed by atoms with Crippen LogP contribution in [0.2, 0.25) is 0 Å². The summed E-state index contributed by atoms with van der Waals surface area (Å²) < 4.78 is 5.97. The summed E-state index contributed by atoms with van der Waals surface area (Å²) in [6.07, 6.45) is 3.76. The zero-order valence-corrected chi connectivity index (χ0v) is 13.4. The first kappa shape index (κ1) is 13.7. The molecule has 0 saturated carbocycles. The van der Waals surface area contributed by atoms with Crippen LogP contribution in [0, 0.1) is 0 Å². The fourth-order valence-electron chi connectivity index (χ4n) is 4.17. The van der Waals surface area contributed by atoms with E-state index in [0.29, 0.717) is 16.8 Å². The van der Waals surface area contributed by atoms with Gasteiger partial charge in [-0.2, -0.15) is 0 Å². The van der Waals surface area contributed by atoms with Crippen molar-refractivity contribution in [1.29, 1.82) is 0 Å². The molecule has 2 aromatic carbocycles. The van der Waals surface area contributed by atoms with Gasteiger partial charge in [-0.15, -0.1) is 0 Å². The Hall–Kier alpha value is -2.72. The Morgan fingerprint density at radius 2 is 1.42 bits per heavy atom. The molecule has 0 saturated heterocycles. The molecule has 3 heterocycles. The molecule has 0 spiro atoms. The lowest BCUT2D eigenvalue weighted by molar-refractivity contribution is -0.123. The Labute approximate surface area is 139 Å². The van der Waals surface area contributed by atoms with E-state index in [1.54, 1.807) is 0 Å². The van der Waals surface area contributed by atoms with Crippen molar-refractivity contribution in [2.24, 2.45) is 0 Å². The van der Waals surface area contributed by atoms with E-state index in [9.17, 15) is 9.59 Å². The molecule has 24 heavy (non-hydrogen) atoms. The third kappa shape index (κ3) is 1.42. The summed E-state index contributed by atoms with van der Waals surface area (Å²) >= 11 is 0. The van der Waals surface area contributed by atoms with E-state index in [2.05, 4.69) is 0 Å². The summed E-state index contributed by atoms with van der Waals surface area (Å²) in [6, 6.07) is 13.4. The van der Waals surface area contributed by atoms with Gasteiger partial charge in [-0.25, -0.2) is 4.90 Å². The average Bonchev–Trinajstić information content (AvgIpc) is 3.11. The van der Waals surface area contributed by atoms with E-state index in [1.807, 2.05) is 68.5 Å². The molecular formula is C20H15NO3. The number of hydrogen-bond acceptors (Lipinski definition) is 3. The number of benzene rings is 2. The highest BCUT2D eigenvalue weighted by atomic mass is 16.5. The number of amides is 2. The van der Waals surface area contributed by atoms with Gasteiger partial charge >= 0.3 is 0 Å². The Balaban J connectivity index is 1.71. The number of ether oxygens (including phenoxy) is 1. The SMILES string of the molecule is CC12C=CC(C)(O1)C1=C2C(=O)N(c2cccc3ccccc23)C1=O. The van der Waals surface area contributed by atoms with Gasteiger partial charge in [0.05, 0.1) is 16.8 Å². The maximum Gasteiger partial charge on any atom is 0.265 e. The summed E-state index contributed by atoms with van der Waals surface area (Å²) in [6.45, 7) is 3.68. The van der Waals surface area contributed by atoms with Gasteiger partial charge in [0.2, 0.25) is 0 Å². The standard InChI is InChI=1S/C20H15NO3/c1-19-10-11-20(2,24-19)16-15(19)17(22)21(18(16)23)14-9-5-7-12-6-3-4-8-13(12)14/h3-11H,1-2H3. The van der Waals surface area contributed by atoms with Crippen molar-refractivity contribution in [2.45, 2.75) is 25.0 Å². The van der Waals surface area contributed by atoms with E-state index in [0.717, 1.165) is 10.8 Å². The van der Waals surface area contributed by atoms with Gasteiger partial charge in [0.1, 0.15) is 11.2 Å². The summed E-state index contributed by atoms with van der Waals surface area (Å²) in [5.41, 5.74) is -0.0354. The number of nitrogens with zero attached hydrogens (tertiary/aromatic N) is 1. The first-order chi connectivity index (χ1) is 11.4. The molecule has 3 aliphatic rings. The number of hydrogen-bond donors (Lipinski definition) is 0. The quantitative estimate of drug-likeness (QED) is 0.600. The monoisotopic (exact) mass is 317 g/mol.